The Hall–Kier alpha value is -2.10. The van der Waals surface area contributed by atoms with Crippen molar-refractivity contribution in [2.75, 3.05) is 0 Å². The van der Waals surface area contributed by atoms with E-state index in [-0.39, 0.29) is 17.9 Å². The third-order valence-corrected chi connectivity index (χ3v) is 7.32. The van der Waals surface area contributed by atoms with Gasteiger partial charge in [-0.2, -0.15) is 5.10 Å². The van der Waals surface area contributed by atoms with Crippen molar-refractivity contribution in [2.24, 2.45) is 17.8 Å². The Balaban J connectivity index is 1.46. The van der Waals surface area contributed by atoms with E-state index < -0.39 is 0 Å². The molecule has 1 heterocycles. The smallest absolute Gasteiger partial charge is 0.224 e. The number of nitrogens with zero attached hydrogens (tertiary/aromatic N) is 2. The molecule has 5 atom stereocenters. The van der Waals surface area contributed by atoms with E-state index in [1.807, 2.05) is 18.5 Å². The molecule has 0 aliphatic heterocycles. The molecule has 4 rings (SSSR count). The predicted molar refractivity (Wildman–Crippen MR) is 112 cm³/mol. The number of aryl methyl sites for hydroxylation is 1. The minimum atomic E-state index is -0.0866. The summed E-state index contributed by atoms with van der Waals surface area (Å²) >= 11 is 0. The zero-order chi connectivity index (χ0) is 19.8. The molecule has 4 nitrogen and oxygen atoms in total. The fourth-order valence-corrected chi connectivity index (χ4v) is 5.41. The lowest BCUT2D eigenvalue weighted by molar-refractivity contribution is -0.128. The second-order valence-electron chi connectivity index (χ2n) is 8.96. The van der Waals surface area contributed by atoms with Gasteiger partial charge in [-0.25, -0.2) is 0 Å². The lowest BCUT2D eigenvalue weighted by Gasteiger charge is -2.55. The molecule has 4 heteroatoms. The quantitative estimate of drug-likeness (QED) is 0.829. The van der Waals surface area contributed by atoms with Crippen molar-refractivity contribution in [1.82, 2.24) is 15.1 Å². The van der Waals surface area contributed by atoms with Crippen LogP contribution >= 0.6 is 0 Å². The zero-order valence-corrected chi connectivity index (χ0v) is 17.6. The highest BCUT2D eigenvalue weighted by atomic mass is 16.2. The third-order valence-electron chi connectivity index (χ3n) is 7.32. The summed E-state index contributed by atoms with van der Waals surface area (Å²) in [6, 6.07) is 11.1. The highest BCUT2D eigenvalue weighted by Gasteiger charge is 2.51. The van der Waals surface area contributed by atoms with Crippen molar-refractivity contribution in [3.8, 4) is 0 Å². The van der Waals surface area contributed by atoms with Gasteiger partial charge in [-0.1, -0.05) is 50.1 Å². The van der Waals surface area contributed by atoms with Gasteiger partial charge < -0.3 is 5.32 Å². The monoisotopic (exact) mass is 379 g/mol. The van der Waals surface area contributed by atoms with Crippen LogP contribution in [0.5, 0.6) is 0 Å². The number of carbonyl (C=O) groups excluding carboxylic acids is 1. The number of amides is 1. The largest absolute Gasteiger partial charge is 0.352 e. The Morgan fingerprint density at radius 3 is 2.46 bits per heavy atom. The predicted octanol–water partition coefficient (Wildman–Crippen LogP) is 4.53. The number of carbonyl (C=O) groups is 1. The van der Waals surface area contributed by atoms with Gasteiger partial charge in [0.2, 0.25) is 5.91 Å². The highest BCUT2D eigenvalue weighted by Crippen LogP contribution is 2.54. The van der Waals surface area contributed by atoms with E-state index in [1.54, 1.807) is 0 Å². The van der Waals surface area contributed by atoms with E-state index in [0.717, 1.165) is 17.3 Å². The van der Waals surface area contributed by atoms with Gasteiger partial charge in [-0.15, -0.1) is 0 Å². The second-order valence-corrected chi connectivity index (χ2v) is 8.96. The first-order valence-electron chi connectivity index (χ1n) is 10.8. The van der Waals surface area contributed by atoms with Gasteiger partial charge in [-0.05, 0) is 56.6 Å². The van der Waals surface area contributed by atoms with Crippen LogP contribution in [-0.2, 0) is 11.3 Å². The molecule has 1 aromatic carbocycles. The molecule has 2 fully saturated rings. The van der Waals surface area contributed by atoms with Gasteiger partial charge in [0.15, 0.2) is 0 Å². The maximum atomic E-state index is 13.1. The van der Waals surface area contributed by atoms with Crippen LogP contribution in [0, 0.1) is 38.5 Å². The second kappa shape index (κ2) is 7.73. The Bertz CT molecular complexity index is 841. The van der Waals surface area contributed by atoms with Crippen molar-refractivity contribution in [3.63, 3.8) is 0 Å². The van der Waals surface area contributed by atoms with Crippen LogP contribution in [0.2, 0.25) is 0 Å². The van der Waals surface area contributed by atoms with E-state index in [2.05, 4.69) is 54.6 Å². The van der Waals surface area contributed by atoms with Crippen LogP contribution in [0.4, 0.5) is 0 Å². The van der Waals surface area contributed by atoms with Crippen LogP contribution in [0.25, 0.3) is 0 Å². The average Bonchev–Trinajstić information content (AvgIpc) is 2.93. The zero-order valence-electron chi connectivity index (χ0n) is 17.6. The number of benzene rings is 1. The van der Waals surface area contributed by atoms with Crippen molar-refractivity contribution >= 4 is 5.91 Å². The lowest BCUT2D eigenvalue weighted by Crippen LogP contribution is -2.60. The summed E-state index contributed by atoms with van der Waals surface area (Å²) in [4.78, 5) is 13.1. The Kier molecular flexibility index (Phi) is 5.31. The van der Waals surface area contributed by atoms with Gasteiger partial charge in [0.1, 0.15) is 0 Å². The molecule has 28 heavy (non-hydrogen) atoms. The first-order chi connectivity index (χ1) is 13.5. The van der Waals surface area contributed by atoms with E-state index >= 15 is 0 Å². The summed E-state index contributed by atoms with van der Waals surface area (Å²) in [7, 11) is 0. The topological polar surface area (TPSA) is 46.9 Å². The Labute approximate surface area is 168 Å². The van der Waals surface area contributed by atoms with Crippen LogP contribution in [0.1, 0.15) is 61.0 Å². The number of hydrogen-bond acceptors (Lipinski definition) is 2. The summed E-state index contributed by atoms with van der Waals surface area (Å²) in [5.41, 5.74) is 4.83. The van der Waals surface area contributed by atoms with Gasteiger partial charge in [0.05, 0.1) is 18.2 Å². The number of fused-ring (bicyclic) bond motifs is 1. The van der Waals surface area contributed by atoms with Gasteiger partial charge >= 0.3 is 0 Å². The number of nitrogens with one attached hydrogen (secondary N) is 1. The first kappa shape index (κ1) is 19.2. The number of rotatable bonds is 5. The summed E-state index contributed by atoms with van der Waals surface area (Å²) in [5.74, 6) is 1.93. The summed E-state index contributed by atoms with van der Waals surface area (Å²) in [6.07, 6.45) is 5.19. The molecule has 1 aromatic heterocycles. The molecular weight excluding hydrogens is 346 g/mol. The first-order valence-corrected chi connectivity index (χ1v) is 10.8. The Morgan fingerprint density at radius 2 is 1.82 bits per heavy atom. The molecule has 2 aliphatic carbocycles. The molecule has 2 aromatic rings. The van der Waals surface area contributed by atoms with Crippen molar-refractivity contribution < 1.29 is 4.79 Å². The van der Waals surface area contributed by atoms with E-state index in [9.17, 15) is 4.79 Å². The number of aromatic nitrogens is 2. The summed E-state index contributed by atoms with van der Waals surface area (Å²) in [5, 5.41) is 8.06. The highest BCUT2D eigenvalue weighted by molar-refractivity contribution is 5.79. The standard InChI is InChI=1S/C24H33N3O/c1-15(14-27-18(4)16(2)17(3)26-27)24(28)25-23-21-13-9-8-12-20(21)22(23)19-10-6-5-7-11-19/h5-7,10-11,15,20-23H,8-9,12-14H2,1-4H3,(H,25,28)/t15-,20+,21-,22-,23-/m0/s1. The van der Waals surface area contributed by atoms with Gasteiger partial charge in [0.25, 0.3) is 0 Å². The molecule has 2 aliphatic rings. The molecule has 0 bridgehead atoms. The van der Waals surface area contributed by atoms with Crippen molar-refractivity contribution in [3.05, 3.63) is 52.8 Å². The van der Waals surface area contributed by atoms with Crippen LogP contribution in [0.15, 0.2) is 30.3 Å². The molecule has 0 spiro atoms. The van der Waals surface area contributed by atoms with E-state index in [1.165, 1.54) is 36.8 Å². The molecule has 0 unspecified atom stereocenters. The maximum absolute atomic E-state index is 13.1. The van der Waals surface area contributed by atoms with Gasteiger partial charge in [-0.3, -0.25) is 9.48 Å². The molecule has 1 amide bonds. The normalized spacial score (nSPS) is 27.6. The third kappa shape index (κ3) is 3.38. The van der Waals surface area contributed by atoms with Crippen molar-refractivity contribution in [1.29, 1.82) is 0 Å². The van der Waals surface area contributed by atoms with E-state index in [0.29, 0.717) is 18.4 Å². The van der Waals surface area contributed by atoms with Crippen LogP contribution in [0.3, 0.4) is 0 Å². The summed E-state index contributed by atoms with van der Waals surface area (Å²) < 4.78 is 1.99. The molecule has 0 saturated heterocycles. The fraction of sp³-hybridized carbons (Fsp3) is 0.583. The fourth-order valence-electron chi connectivity index (χ4n) is 5.41. The SMILES string of the molecule is Cc1nn(C[C@H](C)C(=O)N[C@H]2[C@H]3CCCC[C@H]3[C@@H]2c2ccccc2)c(C)c1C. The molecular formula is C24H33N3O. The van der Waals surface area contributed by atoms with E-state index in [4.69, 9.17) is 0 Å². The lowest BCUT2D eigenvalue weighted by atomic mass is 9.53. The molecule has 2 saturated carbocycles. The number of hydrogen-bond donors (Lipinski definition) is 1. The minimum Gasteiger partial charge on any atom is -0.352 e. The van der Waals surface area contributed by atoms with Crippen molar-refractivity contribution in [2.45, 2.75) is 71.9 Å². The van der Waals surface area contributed by atoms with Crippen LogP contribution < -0.4 is 5.32 Å². The maximum Gasteiger partial charge on any atom is 0.224 e. The van der Waals surface area contributed by atoms with Crippen LogP contribution in [-0.4, -0.2) is 21.7 Å². The Morgan fingerprint density at radius 1 is 1.14 bits per heavy atom. The van der Waals surface area contributed by atoms with Gasteiger partial charge in [0, 0.05) is 17.7 Å². The molecule has 1 N–H and O–H groups in total. The molecule has 150 valence electrons. The minimum absolute atomic E-state index is 0.0866. The molecule has 0 radical (unpaired) electrons. The summed E-state index contributed by atoms with van der Waals surface area (Å²) in [6.45, 7) is 8.88. The average molecular weight is 380 g/mol.